The van der Waals surface area contributed by atoms with Gasteiger partial charge in [0.15, 0.2) is 12.3 Å². The van der Waals surface area contributed by atoms with Gasteiger partial charge in [-0.25, -0.2) is 14.6 Å². The van der Waals surface area contributed by atoms with Crippen molar-refractivity contribution in [1.82, 2.24) is 24.4 Å². The van der Waals surface area contributed by atoms with Crippen molar-refractivity contribution in [3.8, 4) is 22.9 Å². The molecule has 16 heteroatoms. The van der Waals surface area contributed by atoms with E-state index < -0.39 is 30.4 Å². The highest BCUT2D eigenvalue weighted by Crippen LogP contribution is 2.22. The number of phenolic OH excluding ortho intramolecular Hbond substituents is 1. The van der Waals surface area contributed by atoms with E-state index in [0.29, 0.717) is 57.8 Å². The Bertz CT molecular complexity index is 1810. The molecule has 4 rings (SSSR count). The number of carboxylic acid groups (broad SMARTS) is 1. The van der Waals surface area contributed by atoms with E-state index in [1.165, 1.54) is 9.13 Å². The minimum absolute atomic E-state index is 0.186. The number of H-pyrrole nitrogens is 1. The van der Waals surface area contributed by atoms with Gasteiger partial charge in [0, 0.05) is 18.7 Å². The number of nitrogens with two attached hydrogens (primary N) is 2. The molecule has 246 valence electrons. The number of imidazole rings is 1. The van der Waals surface area contributed by atoms with Gasteiger partial charge in [0.1, 0.15) is 22.8 Å². The molecule has 2 amide bonds. The van der Waals surface area contributed by atoms with Crippen LogP contribution in [0.1, 0.15) is 32.3 Å². The van der Waals surface area contributed by atoms with E-state index in [-0.39, 0.29) is 23.5 Å². The summed E-state index contributed by atoms with van der Waals surface area (Å²) in [6.45, 7) is 4.03. The first-order valence-corrected chi connectivity index (χ1v) is 15.4. The van der Waals surface area contributed by atoms with Crippen LogP contribution in [-0.4, -0.2) is 66.3 Å². The minimum atomic E-state index is -1.06. The second-order valence-electron chi connectivity index (χ2n) is 10.2. The number of carbonyl (C=O) groups is 3. The number of ether oxygens (including phenoxy) is 1. The van der Waals surface area contributed by atoms with Crippen LogP contribution in [0.2, 0.25) is 0 Å². The standard InChI is InChI=1S/C19H22N4O5.C11H14IN3O3/c1-3-9-22-17-15(18(26)23(10-4-2)19(22)27)20-16(21-17)12-5-7-13(8-6-12)28-11-14(24)25;12-7-3-6(1-2-9(7)16)4-8(13)11(18)15-5-10(14)17/h5-8H,3-4,9-11H2,1-2H3,(H,20,21)(H,24,25);1-3,8,16H,4-5,13H2,(H2,14,17)(H,15,18)/t;8-/m.0/s1. The van der Waals surface area contributed by atoms with Crippen molar-refractivity contribution in [2.75, 3.05) is 13.2 Å². The van der Waals surface area contributed by atoms with Gasteiger partial charge >= 0.3 is 11.7 Å². The summed E-state index contributed by atoms with van der Waals surface area (Å²) in [6, 6.07) is 10.9. The van der Waals surface area contributed by atoms with E-state index in [1.807, 2.05) is 36.4 Å². The number of aromatic amines is 1. The van der Waals surface area contributed by atoms with Gasteiger partial charge in [-0.1, -0.05) is 19.9 Å². The number of carbonyl (C=O) groups excluding carboxylic acids is 2. The number of aromatic nitrogens is 4. The third-order valence-corrected chi connectivity index (χ3v) is 7.35. The maximum atomic E-state index is 12.7. The highest BCUT2D eigenvalue weighted by atomic mass is 127. The maximum absolute atomic E-state index is 12.7. The average Bonchev–Trinajstić information content (AvgIpc) is 3.47. The zero-order chi connectivity index (χ0) is 34.0. The van der Waals surface area contributed by atoms with E-state index in [1.54, 1.807) is 42.5 Å². The molecular weight excluding hydrogens is 713 g/mol. The molecule has 0 spiro atoms. The minimum Gasteiger partial charge on any atom is -0.507 e. The molecule has 0 aliphatic rings. The highest BCUT2D eigenvalue weighted by Gasteiger charge is 2.18. The molecule has 0 aliphatic heterocycles. The fourth-order valence-electron chi connectivity index (χ4n) is 4.33. The van der Waals surface area contributed by atoms with Crippen LogP contribution < -0.4 is 32.8 Å². The summed E-state index contributed by atoms with van der Waals surface area (Å²) in [4.78, 5) is 65.6. The second-order valence-corrected chi connectivity index (χ2v) is 11.3. The zero-order valence-corrected chi connectivity index (χ0v) is 27.4. The number of nitrogens with zero attached hydrogens (tertiary/aromatic N) is 3. The number of benzene rings is 2. The molecule has 0 saturated heterocycles. The van der Waals surface area contributed by atoms with Crippen molar-refractivity contribution >= 4 is 51.5 Å². The van der Waals surface area contributed by atoms with Crippen molar-refractivity contribution in [2.45, 2.75) is 52.2 Å². The Balaban J connectivity index is 0.000000277. The smallest absolute Gasteiger partial charge is 0.341 e. The Morgan fingerprint density at radius 1 is 1.07 bits per heavy atom. The van der Waals surface area contributed by atoms with Crippen molar-refractivity contribution < 1.29 is 29.3 Å². The SMILES string of the molecule is CCCn1c(=O)c2[nH]c(-c3ccc(OCC(=O)O)cc3)nc2n(CCC)c1=O.NC(=O)CNC(=O)[C@@H](N)Cc1ccc(O)c(I)c1. The molecule has 15 nitrogen and oxygen atoms in total. The summed E-state index contributed by atoms with van der Waals surface area (Å²) in [6.07, 6.45) is 1.73. The summed E-state index contributed by atoms with van der Waals surface area (Å²) in [5.74, 6) is -1.05. The van der Waals surface area contributed by atoms with Crippen LogP contribution in [0, 0.1) is 3.57 Å². The first kappa shape index (κ1) is 35.8. The van der Waals surface area contributed by atoms with Crippen LogP contribution in [0.5, 0.6) is 11.5 Å². The highest BCUT2D eigenvalue weighted by molar-refractivity contribution is 14.1. The first-order valence-electron chi connectivity index (χ1n) is 14.3. The lowest BCUT2D eigenvalue weighted by Gasteiger charge is -2.11. The number of rotatable bonds is 13. The van der Waals surface area contributed by atoms with Crippen molar-refractivity contribution in [3.63, 3.8) is 0 Å². The van der Waals surface area contributed by atoms with Crippen molar-refractivity contribution in [2.24, 2.45) is 11.5 Å². The Morgan fingerprint density at radius 2 is 1.72 bits per heavy atom. The van der Waals surface area contributed by atoms with E-state index >= 15 is 0 Å². The number of primary amides is 1. The fraction of sp³-hybridized carbons (Fsp3) is 0.333. The molecule has 0 saturated carbocycles. The topological polar surface area (TPSA) is 238 Å². The molecule has 2 aromatic heterocycles. The lowest BCUT2D eigenvalue weighted by molar-refractivity contribution is -0.139. The zero-order valence-electron chi connectivity index (χ0n) is 25.3. The molecule has 0 radical (unpaired) electrons. The molecule has 46 heavy (non-hydrogen) atoms. The van der Waals surface area contributed by atoms with Crippen LogP contribution in [0.3, 0.4) is 0 Å². The largest absolute Gasteiger partial charge is 0.507 e. The number of amides is 2. The number of hydrogen-bond donors (Lipinski definition) is 6. The molecule has 4 aromatic rings. The molecule has 0 unspecified atom stereocenters. The molecule has 0 fully saturated rings. The second kappa shape index (κ2) is 16.6. The predicted molar refractivity (Wildman–Crippen MR) is 178 cm³/mol. The third-order valence-electron chi connectivity index (χ3n) is 6.49. The number of aliphatic carboxylic acids is 1. The van der Waals surface area contributed by atoms with Gasteiger partial charge in [-0.05, 0) is 83.8 Å². The summed E-state index contributed by atoms with van der Waals surface area (Å²) >= 11 is 1.99. The normalized spacial score (nSPS) is 11.4. The number of fused-ring (bicyclic) bond motifs is 1. The number of aryl methyl sites for hydroxylation is 1. The van der Waals surface area contributed by atoms with Gasteiger partial charge in [0.25, 0.3) is 5.56 Å². The molecular formula is C30H36IN7O8. The lowest BCUT2D eigenvalue weighted by atomic mass is 10.1. The van der Waals surface area contributed by atoms with Crippen LogP contribution in [-0.2, 0) is 33.9 Å². The summed E-state index contributed by atoms with van der Waals surface area (Å²) in [5, 5.41) is 20.4. The molecule has 1 atom stereocenters. The molecule has 2 heterocycles. The number of hydrogen-bond acceptors (Lipinski definition) is 9. The van der Waals surface area contributed by atoms with E-state index in [9.17, 15) is 29.1 Å². The summed E-state index contributed by atoms with van der Waals surface area (Å²) in [5.41, 5.74) is 12.0. The Hall–Kier alpha value is -4.71. The quantitative estimate of drug-likeness (QED) is 0.107. The monoisotopic (exact) mass is 749 g/mol. The number of halogens is 1. The Labute approximate surface area is 276 Å². The van der Waals surface area contributed by atoms with Gasteiger partial charge in [-0.15, -0.1) is 0 Å². The third kappa shape index (κ3) is 9.40. The fourth-order valence-corrected chi connectivity index (χ4v) is 4.91. The lowest BCUT2D eigenvalue weighted by Crippen LogP contribution is -2.44. The van der Waals surface area contributed by atoms with Gasteiger partial charge in [-0.3, -0.25) is 23.5 Å². The van der Waals surface area contributed by atoms with Gasteiger partial charge in [0.2, 0.25) is 11.8 Å². The number of aromatic hydroxyl groups is 1. The molecule has 0 bridgehead atoms. The summed E-state index contributed by atoms with van der Waals surface area (Å²) < 4.78 is 8.57. The van der Waals surface area contributed by atoms with Crippen LogP contribution in [0.25, 0.3) is 22.6 Å². The van der Waals surface area contributed by atoms with E-state index in [4.69, 9.17) is 21.3 Å². The first-order chi connectivity index (χ1) is 21.9. The molecule has 2 aromatic carbocycles. The van der Waals surface area contributed by atoms with Gasteiger partial charge in [0.05, 0.1) is 16.2 Å². The van der Waals surface area contributed by atoms with E-state index in [0.717, 1.165) is 12.0 Å². The van der Waals surface area contributed by atoms with Crippen molar-refractivity contribution in [1.29, 1.82) is 0 Å². The molecule has 0 aliphatic carbocycles. The number of nitrogens with one attached hydrogen (secondary N) is 2. The summed E-state index contributed by atoms with van der Waals surface area (Å²) in [7, 11) is 0. The van der Waals surface area contributed by atoms with Crippen LogP contribution >= 0.6 is 22.6 Å². The number of carboxylic acids is 1. The Kier molecular flexibility index (Phi) is 12.9. The van der Waals surface area contributed by atoms with Crippen molar-refractivity contribution in [3.05, 3.63) is 72.4 Å². The number of phenols is 1. The maximum Gasteiger partial charge on any atom is 0.341 e. The van der Waals surface area contributed by atoms with Crippen LogP contribution in [0.15, 0.2) is 52.1 Å². The van der Waals surface area contributed by atoms with Gasteiger partial charge in [-0.2, -0.15) is 0 Å². The van der Waals surface area contributed by atoms with Gasteiger partial charge < -0.3 is 36.7 Å². The Morgan fingerprint density at radius 3 is 2.30 bits per heavy atom. The van der Waals surface area contributed by atoms with Crippen LogP contribution in [0.4, 0.5) is 0 Å². The molecule has 8 N–H and O–H groups in total. The average molecular weight is 750 g/mol. The predicted octanol–water partition coefficient (Wildman–Crippen LogP) is 1.30. The van der Waals surface area contributed by atoms with E-state index in [2.05, 4.69) is 15.3 Å².